The molecule has 1 heterocycles. The molecule has 3 N–H and O–H groups in total. The Labute approximate surface area is 111 Å². The number of anilines is 2. The van der Waals surface area contributed by atoms with Gasteiger partial charge in [-0.2, -0.15) is 15.0 Å². The molecule has 0 aromatic carbocycles. The number of ether oxygens (including phenoxy) is 1. The number of carbonyl (C=O) groups is 1. The molecule has 19 heavy (non-hydrogen) atoms. The lowest BCUT2D eigenvalue weighted by atomic mass is 10.6. The molecule has 0 radical (unpaired) electrons. The minimum atomic E-state index is -0.147. The van der Waals surface area contributed by atoms with Crippen LogP contribution < -0.4 is 20.7 Å². The van der Waals surface area contributed by atoms with E-state index in [0.29, 0.717) is 25.0 Å². The number of hydrogen-bond acceptors (Lipinski definition) is 7. The summed E-state index contributed by atoms with van der Waals surface area (Å²) in [6.45, 7) is 0.954. The van der Waals surface area contributed by atoms with Crippen LogP contribution in [-0.4, -0.2) is 67.2 Å². The maximum Gasteiger partial charge on any atom is 0.322 e. The van der Waals surface area contributed by atoms with Crippen molar-refractivity contribution >= 4 is 17.9 Å². The second-order valence-electron chi connectivity index (χ2n) is 3.77. The normalized spacial score (nSPS) is 9.68. The van der Waals surface area contributed by atoms with Crippen molar-refractivity contribution in [2.24, 2.45) is 0 Å². The molecule has 0 saturated carbocycles. The molecule has 1 rings (SSSR count). The van der Waals surface area contributed by atoms with E-state index in [2.05, 4.69) is 30.9 Å². The molecule has 0 aliphatic heterocycles. The van der Waals surface area contributed by atoms with Crippen molar-refractivity contribution in [1.29, 1.82) is 0 Å². The van der Waals surface area contributed by atoms with Crippen LogP contribution >= 0.6 is 0 Å². The monoisotopic (exact) mass is 269 g/mol. The average molecular weight is 269 g/mol. The second kappa shape index (κ2) is 7.19. The van der Waals surface area contributed by atoms with Gasteiger partial charge in [-0.05, 0) is 0 Å². The van der Waals surface area contributed by atoms with E-state index in [4.69, 9.17) is 4.74 Å². The summed E-state index contributed by atoms with van der Waals surface area (Å²) in [6.07, 6.45) is 0. The minimum Gasteiger partial charge on any atom is -0.467 e. The van der Waals surface area contributed by atoms with Gasteiger partial charge in [0.2, 0.25) is 11.9 Å². The Kier molecular flexibility index (Phi) is 5.58. The van der Waals surface area contributed by atoms with Gasteiger partial charge in [-0.15, -0.1) is 0 Å². The van der Waals surface area contributed by atoms with E-state index in [1.807, 2.05) is 0 Å². The fourth-order valence-corrected chi connectivity index (χ4v) is 1.14. The van der Waals surface area contributed by atoms with E-state index in [1.54, 1.807) is 21.1 Å². The number of hydrogen-bond donors (Lipinski definition) is 3. The van der Waals surface area contributed by atoms with E-state index >= 15 is 0 Å². The molecule has 1 aromatic rings. The number of urea groups is 1. The summed E-state index contributed by atoms with van der Waals surface area (Å²) in [4.78, 5) is 24.8. The fourth-order valence-electron chi connectivity index (χ4n) is 1.14. The van der Waals surface area contributed by atoms with E-state index in [1.165, 1.54) is 12.0 Å². The Bertz CT molecular complexity index is 402. The van der Waals surface area contributed by atoms with E-state index < -0.39 is 0 Å². The van der Waals surface area contributed by atoms with Crippen molar-refractivity contribution in [3.05, 3.63) is 0 Å². The largest absolute Gasteiger partial charge is 0.467 e. The third-order valence-corrected chi connectivity index (χ3v) is 2.11. The third kappa shape index (κ3) is 4.82. The van der Waals surface area contributed by atoms with Crippen LogP contribution in [0.3, 0.4) is 0 Å². The lowest BCUT2D eigenvalue weighted by molar-refractivity contribution is 0.218. The van der Waals surface area contributed by atoms with Gasteiger partial charge in [0.15, 0.2) is 0 Å². The van der Waals surface area contributed by atoms with Crippen LogP contribution in [0.2, 0.25) is 0 Å². The molecule has 0 aliphatic carbocycles. The molecule has 9 nitrogen and oxygen atoms in total. The van der Waals surface area contributed by atoms with Gasteiger partial charge in [-0.3, -0.25) is 0 Å². The van der Waals surface area contributed by atoms with Gasteiger partial charge in [-0.25, -0.2) is 4.79 Å². The Hall–Kier alpha value is -2.32. The highest BCUT2D eigenvalue weighted by molar-refractivity contribution is 5.73. The SMILES string of the molecule is CNc1nc(NCCNC(=O)N(C)C)nc(OC)n1. The zero-order valence-corrected chi connectivity index (χ0v) is 11.5. The quantitative estimate of drug-likeness (QED) is 0.604. The van der Waals surface area contributed by atoms with Crippen molar-refractivity contribution in [3.63, 3.8) is 0 Å². The molecule has 0 aliphatic rings. The molecular formula is C10H19N7O2. The molecule has 0 saturated heterocycles. The van der Waals surface area contributed by atoms with Gasteiger partial charge >= 0.3 is 12.0 Å². The smallest absolute Gasteiger partial charge is 0.322 e. The van der Waals surface area contributed by atoms with Gasteiger partial charge in [-0.1, -0.05) is 0 Å². The highest BCUT2D eigenvalue weighted by Crippen LogP contribution is 2.09. The molecular weight excluding hydrogens is 250 g/mol. The summed E-state index contributed by atoms with van der Waals surface area (Å²) < 4.78 is 4.95. The van der Waals surface area contributed by atoms with Crippen LogP contribution in [0.25, 0.3) is 0 Å². The Morgan fingerprint density at radius 2 is 1.89 bits per heavy atom. The predicted octanol–water partition coefficient (Wildman–Crippen LogP) is -0.395. The number of rotatable bonds is 6. The summed E-state index contributed by atoms with van der Waals surface area (Å²) in [5.74, 6) is 0.793. The van der Waals surface area contributed by atoms with Gasteiger partial charge in [0.1, 0.15) is 0 Å². The first-order chi connectivity index (χ1) is 9.06. The van der Waals surface area contributed by atoms with Crippen molar-refractivity contribution in [2.75, 3.05) is 52.0 Å². The topological polar surface area (TPSA) is 104 Å². The summed E-state index contributed by atoms with van der Waals surface area (Å²) in [5, 5.41) is 8.50. The van der Waals surface area contributed by atoms with E-state index in [0.717, 1.165) is 0 Å². The van der Waals surface area contributed by atoms with Crippen molar-refractivity contribution in [2.45, 2.75) is 0 Å². The predicted molar refractivity (Wildman–Crippen MR) is 71.5 cm³/mol. The van der Waals surface area contributed by atoms with E-state index in [9.17, 15) is 4.79 Å². The highest BCUT2D eigenvalue weighted by Gasteiger charge is 2.05. The molecule has 9 heteroatoms. The zero-order chi connectivity index (χ0) is 14.3. The van der Waals surface area contributed by atoms with Crippen LogP contribution in [0.1, 0.15) is 0 Å². The molecule has 0 spiro atoms. The Morgan fingerprint density at radius 3 is 2.47 bits per heavy atom. The average Bonchev–Trinajstić information content (AvgIpc) is 2.42. The van der Waals surface area contributed by atoms with Gasteiger partial charge < -0.3 is 25.6 Å². The number of carbonyl (C=O) groups excluding carboxylic acids is 1. The molecule has 0 unspecified atom stereocenters. The Morgan fingerprint density at radius 1 is 1.21 bits per heavy atom. The standard InChI is InChI=1S/C10H19N7O2/c1-11-7-14-8(16-9(15-7)19-4)12-5-6-13-10(18)17(2)3/h5-6H2,1-4H3,(H,13,18)(H2,11,12,14,15,16). The number of aromatic nitrogens is 3. The lowest BCUT2D eigenvalue weighted by Crippen LogP contribution is -2.37. The molecule has 106 valence electrons. The fraction of sp³-hybridized carbons (Fsp3) is 0.600. The number of nitrogens with zero attached hydrogens (tertiary/aromatic N) is 4. The van der Waals surface area contributed by atoms with Gasteiger partial charge in [0.05, 0.1) is 7.11 Å². The van der Waals surface area contributed by atoms with Gasteiger partial charge in [0, 0.05) is 34.2 Å². The summed E-state index contributed by atoms with van der Waals surface area (Å²) in [7, 11) is 6.54. The van der Waals surface area contributed by atoms with Crippen molar-refractivity contribution < 1.29 is 9.53 Å². The maximum atomic E-state index is 11.3. The lowest BCUT2D eigenvalue weighted by Gasteiger charge is -2.12. The summed E-state index contributed by atoms with van der Waals surface area (Å²) >= 11 is 0. The summed E-state index contributed by atoms with van der Waals surface area (Å²) in [5.41, 5.74) is 0. The first kappa shape index (κ1) is 14.7. The van der Waals surface area contributed by atoms with Crippen LogP contribution in [-0.2, 0) is 0 Å². The second-order valence-corrected chi connectivity index (χ2v) is 3.77. The first-order valence-corrected chi connectivity index (χ1v) is 5.73. The number of methoxy groups -OCH3 is 1. The minimum absolute atomic E-state index is 0.147. The van der Waals surface area contributed by atoms with E-state index in [-0.39, 0.29) is 12.0 Å². The third-order valence-electron chi connectivity index (χ3n) is 2.11. The Balaban J connectivity index is 2.46. The summed E-state index contributed by atoms with van der Waals surface area (Å²) in [6, 6.07) is 0.0742. The maximum absolute atomic E-state index is 11.3. The number of nitrogens with one attached hydrogen (secondary N) is 3. The molecule has 0 atom stereocenters. The first-order valence-electron chi connectivity index (χ1n) is 5.73. The zero-order valence-electron chi connectivity index (χ0n) is 11.5. The van der Waals surface area contributed by atoms with Crippen LogP contribution in [0.4, 0.5) is 16.7 Å². The van der Waals surface area contributed by atoms with Crippen LogP contribution in [0.15, 0.2) is 0 Å². The number of amides is 2. The highest BCUT2D eigenvalue weighted by atomic mass is 16.5. The molecule has 2 amide bonds. The van der Waals surface area contributed by atoms with Gasteiger partial charge in [0.25, 0.3) is 0 Å². The van der Waals surface area contributed by atoms with Crippen LogP contribution in [0, 0.1) is 0 Å². The molecule has 0 bridgehead atoms. The molecule has 0 fully saturated rings. The molecule has 1 aromatic heterocycles. The van der Waals surface area contributed by atoms with Crippen LogP contribution in [0.5, 0.6) is 6.01 Å². The van der Waals surface area contributed by atoms with Crippen molar-refractivity contribution in [1.82, 2.24) is 25.2 Å². The van der Waals surface area contributed by atoms with Crippen molar-refractivity contribution in [3.8, 4) is 6.01 Å².